The molecule has 0 aliphatic carbocycles. The first-order valence-electron chi connectivity index (χ1n) is 5.89. The van der Waals surface area contributed by atoms with Gasteiger partial charge in [0.2, 0.25) is 0 Å². The largest absolute Gasteiger partial charge is 0.289 e. The highest BCUT2D eigenvalue weighted by atomic mass is 79.9. The summed E-state index contributed by atoms with van der Waals surface area (Å²) in [4.78, 5) is 21.9. The van der Waals surface area contributed by atoms with Crippen LogP contribution in [-0.4, -0.2) is 10.7 Å². The highest BCUT2D eigenvalue weighted by Gasteiger charge is 2.07. The molecular formula is C15H9BrFNO3. The molecule has 0 radical (unpaired) electrons. The van der Waals surface area contributed by atoms with Gasteiger partial charge in [0.15, 0.2) is 5.78 Å². The fourth-order valence-corrected chi connectivity index (χ4v) is 2.03. The van der Waals surface area contributed by atoms with E-state index in [1.807, 2.05) is 0 Å². The molecule has 2 aromatic carbocycles. The minimum Gasteiger partial charge on any atom is -0.289 e. The van der Waals surface area contributed by atoms with E-state index in [0.717, 1.165) is 0 Å². The minimum absolute atomic E-state index is 0.0713. The number of nitrogens with zero attached hydrogens (tertiary/aromatic N) is 1. The molecule has 0 amide bonds. The summed E-state index contributed by atoms with van der Waals surface area (Å²) in [6, 6.07) is 9.72. The van der Waals surface area contributed by atoms with Crippen LogP contribution in [0.1, 0.15) is 15.9 Å². The summed E-state index contributed by atoms with van der Waals surface area (Å²) in [5.74, 6) is -0.667. The van der Waals surface area contributed by atoms with E-state index in [-0.39, 0.29) is 17.3 Å². The second-order valence-corrected chi connectivity index (χ2v) is 5.03. The van der Waals surface area contributed by atoms with Crippen molar-refractivity contribution in [3.8, 4) is 0 Å². The zero-order valence-electron chi connectivity index (χ0n) is 10.6. The van der Waals surface area contributed by atoms with Gasteiger partial charge in [0.1, 0.15) is 5.82 Å². The number of carbonyl (C=O) groups excluding carboxylic acids is 1. The molecule has 0 aliphatic heterocycles. The number of non-ortho nitro benzene ring substituents is 1. The molecule has 0 aromatic heterocycles. The van der Waals surface area contributed by atoms with Crippen LogP contribution in [0.15, 0.2) is 53.0 Å². The van der Waals surface area contributed by atoms with E-state index >= 15 is 0 Å². The van der Waals surface area contributed by atoms with Gasteiger partial charge in [-0.15, -0.1) is 0 Å². The third-order valence-corrected chi connectivity index (χ3v) is 3.34. The maximum atomic E-state index is 13.1. The Balaban J connectivity index is 2.14. The van der Waals surface area contributed by atoms with Crippen LogP contribution < -0.4 is 0 Å². The van der Waals surface area contributed by atoms with Gasteiger partial charge in [-0.2, -0.15) is 0 Å². The molecule has 0 N–H and O–H groups in total. The van der Waals surface area contributed by atoms with Crippen molar-refractivity contribution in [1.82, 2.24) is 0 Å². The zero-order chi connectivity index (χ0) is 15.4. The smallest absolute Gasteiger partial charge is 0.269 e. The molecule has 0 atom stereocenters. The van der Waals surface area contributed by atoms with Gasteiger partial charge in [-0.3, -0.25) is 14.9 Å². The minimum atomic E-state index is -0.528. The van der Waals surface area contributed by atoms with E-state index in [9.17, 15) is 19.3 Å². The molecule has 0 spiro atoms. The number of rotatable bonds is 4. The Kier molecular flexibility index (Phi) is 4.59. The van der Waals surface area contributed by atoms with Gasteiger partial charge in [0, 0.05) is 17.7 Å². The Hall–Kier alpha value is -2.34. The van der Waals surface area contributed by atoms with Crippen LogP contribution >= 0.6 is 15.9 Å². The first kappa shape index (κ1) is 15.1. The SMILES string of the molecule is O=C(C=Cc1ccc(F)c(Br)c1)c1ccc([N+](=O)[O-])cc1. The molecule has 0 bridgehead atoms. The Morgan fingerprint density at radius 2 is 1.86 bits per heavy atom. The van der Waals surface area contributed by atoms with Gasteiger partial charge in [0.25, 0.3) is 5.69 Å². The van der Waals surface area contributed by atoms with Crippen molar-refractivity contribution < 1.29 is 14.1 Å². The van der Waals surface area contributed by atoms with E-state index < -0.39 is 4.92 Å². The summed E-state index contributed by atoms with van der Waals surface area (Å²) in [7, 11) is 0. The van der Waals surface area contributed by atoms with Crippen molar-refractivity contribution in [2.24, 2.45) is 0 Å². The summed E-state index contributed by atoms with van der Waals surface area (Å²) in [6.07, 6.45) is 2.88. The molecule has 4 nitrogen and oxygen atoms in total. The normalized spacial score (nSPS) is 10.8. The third kappa shape index (κ3) is 3.82. The van der Waals surface area contributed by atoms with E-state index in [0.29, 0.717) is 15.6 Å². The molecule has 21 heavy (non-hydrogen) atoms. The molecule has 0 heterocycles. The molecule has 0 saturated carbocycles. The number of allylic oxidation sites excluding steroid dienone is 1. The number of ketones is 1. The Labute approximate surface area is 128 Å². The van der Waals surface area contributed by atoms with Crippen LogP contribution in [0, 0.1) is 15.9 Å². The Morgan fingerprint density at radius 3 is 2.43 bits per heavy atom. The highest BCUT2D eigenvalue weighted by molar-refractivity contribution is 9.10. The number of nitro groups is 1. The van der Waals surface area contributed by atoms with Gasteiger partial charge in [-0.1, -0.05) is 12.1 Å². The molecule has 0 saturated heterocycles. The third-order valence-electron chi connectivity index (χ3n) is 2.73. The van der Waals surface area contributed by atoms with E-state index in [1.165, 1.54) is 36.4 Å². The molecule has 2 aromatic rings. The Morgan fingerprint density at radius 1 is 1.19 bits per heavy atom. The van der Waals surface area contributed by atoms with Crippen molar-refractivity contribution in [3.05, 3.63) is 80.1 Å². The van der Waals surface area contributed by atoms with Crippen LogP contribution in [0.2, 0.25) is 0 Å². The van der Waals surface area contributed by atoms with Gasteiger partial charge in [-0.05, 0) is 51.8 Å². The average molecular weight is 350 g/mol. The number of carbonyl (C=O) groups is 1. The van der Waals surface area contributed by atoms with Crippen LogP contribution in [0.25, 0.3) is 6.08 Å². The lowest BCUT2D eigenvalue weighted by Crippen LogP contribution is -1.95. The molecule has 0 aliphatic rings. The predicted molar refractivity (Wildman–Crippen MR) is 80.6 cm³/mol. The van der Waals surface area contributed by atoms with Crippen molar-refractivity contribution in [2.45, 2.75) is 0 Å². The van der Waals surface area contributed by atoms with Crippen LogP contribution in [0.4, 0.5) is 10.1 Å². The lowest BCUT2D eigenvalue weighted by molar-refractivity contribution is -0.384. The summed E-state index contributed by atoms with van der Waals surface area (Å²) < 4.78 is 13.4. The fraction of sp³-hybridized carbons (Fsp3) is 0. The summed E-state index contributed by atoms with van der Waals surface area (Å²) in [5, 5.41) is 10.5. The van der Waals surface area contributed by atoms with Gasteiger partial charge >= 0.3 is 0 Å². The molecule has 2 rings (SSSR count). The summed E-state index contributed by atoms with van der Waals surface area (Å²) in [5.41, 5.74) is 0.939. The zero-order valence-corrected chi connectivity index (χ0v) is 12.2. The van der Waals surface area contributed by atoms with Crippen molar-refractivity contribution in [1.29, 1.82) is 0 Å². The first-order valence-corrected chi connectivity index (χ1v) is 6.68. The van der Waals surface area contributed by atoms with Crippen molar-refractivity contribution in [2.75, 3.05) is 0 Å². The second-order valence-electron chi connectivity index (χ2n) is 4.18. The van der Waals surface area contributed by atoms with Crippen molar-refractivity contribution in [3.63, 3.8) is 0 Å². The van der Waals surface area contributed by atoms with Crippen LogP contribution in [-0.2, 0) is 0 Å². The number of nitro benzene ring substituents is 1. The number of benzene rings is 2. The van der Waals surface area contributed by atoms with E-state index in [1.54, 1.807) is 18.2 Å². The topological polar surface area (TPSA) is 60.2 Å². The summed E-state index contributed by atoms with van der Waals surface area (Å²) >= 11 is 3.06. The highest BCUT2D eigenvalue weighted by Crippen LogP contribution is 2.18. The summed E-state index contributed by atoms with van der Waals surface area (Å²) in [6.45, 7) is 0. The predicted octanol–water partition coefficient (Wildman–Crippen LogP) is 4.39. The van der Waals surface area contributed by atoms with Crippen LogP contribution in [0.3, 0.4) is 0 Å². The molecule has 6 heteroatoms. The standard InChI is InChI=1S/C15H9BrFNO3/c16-13-9-10(1-7-14(13)17)2-8-15(19)11-3-5-12(6-4-11)18(20)21/h1-9H. The lowest BCUT2D eigenvalue weighted by Gasteiger charge is -1.98. The van der Waals surface area contributed by atoms with Gasteiger partial charge in [0.05, 0.1) is 9.40 Å². The molecule has 106 valence electrons. The maximum absolute atomic E-state index is 13.1. The van der Waals surface area contributed by atoms with E-state index in [4.69, 9.17) is 0 Å². The maximum Gasteiger partial charge on any atom is 0.269 e. The molecule has 0 unspecified atom stereocenters. The van der Waals surface area contributed by atoms with Crippen LogP contribution in [0.5, 0.6) is 0 Å². The Bertz CT molecular complexity index is 726. The second kappa shape index (κ2) is 6.41. The molecule has 0 fully saturated rings. The lowest BCUT2D eigenvalue weighted by atomic mass is 10.1. The number of hydrogen-bond donors (Lipinski definition) is 0. The monoisotopic (exact) mass is 349 g/mol. The van der Waals surface area contributed by atoms with Crippen molar-refractivity contribution >= 4 is 33.5 Å². The number of halogens is 2. The number of hydrogen-bond acceptors (Lipinski definition) is 3. The van der Waals surface area contributed by atoms with E-state index in [2.05, 4.69) is 15.9 Å². The first-order chi connectivity index (χ1) is 9.97. The van der Waals surface area contributed by atoms with Gasteiger partial charge in [-0.25, -0.2) is 4.39 Å². The van der Waals surface area contributed by atoms with Gasteiger partial charge < -0.3 is 0 Å². The quantitative estimate of drug-likeness (QED) is 0.356. The molecular weight excluding hydrogens is 341 g/mol. The fourth-order valence-electron chi connectivity index (χ4n) is 1.63. The average Bonchev–Trinajstić information content (AvgIpc) is 2.48.